The van der Waals surface area contributed by atoms with Gasteiger partial charge in [0.05, 0.1) is 5.69 Å². The maximum Gasteiger partial charge on any atom is 0.326 e. The van der Waals surface area contributed by atoms with Gasteiger partial charge in [0.15, 0.2) is 0 Å². The van der Waals surface area contributed by atoms with Gasteiger partial charge in [-0.05, 0) is 44.5 Å². The molecule has 2 aromatic rings. The van der Waals surface area contributed by atoms with Gasteiger partial charge in [0.1, 0.15) is 11.5 Å². The number of amides is 2. The minimum atomic E-state index is -0.691. The highest BCUT2D eigenvalue weighted by molar-refractivity contribution is 5.98. The summed E-state index contributed by atoms with van der Waals surface area (Å²) < 4.78 is 14.0. The normalized spacial score (nSPS) is 14.5. The van der Waals surface area contributed by atoms with Crippen molar-refractivity contribution in [2.24, 2.45) is 5.73 Å². The van der Waals surface area contributed by atoms with E-state index >= 15 is 0 Å². The van der Waals surface area contributed by atoms with Crippen molar-refractivity contribution < 1.29 is 9.18 Å². The van der Waals surface area contributed by atoms with E-state index in [-0.39, 0.29) is 11.6 Å². The van der Waals surface area contributed by atoms with Crippen molar-refractivity contribution >= 4 is 23.4 Å². The van der Waals surface area contributed by atoms with Crippen LogP contribution < -0.4 is 26.8 Å². The number of piperazine rings is 1. The molecule has 10 heteroatoms. The van der Waals surface area contributed by atoms with E-state index in [1.165, 1.54) is 6.07 Å². The zero-order chi connectivity index (χ0) is 22.2. The van der Waals surface area contributed by atoms with E-state index in [0.29, 0.717) is 11.3 Å². The molecule has 0 radical (unpaired) electrons. The lowest BCUT2D eigenvalue weighted by Crippen LogP contribution is -2.48. The largest absolute Gasteiger partial charge is 0.363 e. The predicted molar refractivity (Wildman–Crippen MR) is 120 cm³/mol. The minimum absolute atomic E-state index is 0.00199. The van der Waals surface area contributed by atoms with Crippen LogP contribution in [0.4, 0.5) is 26.5 Å². The molecule has 0 saturated carbocycles. The highest BCUT2D eigenvalue weighted by Gasteiger charge is 2.20. The van der Waals surface area contributed by atoms with Gasteiger partial charge in [0.2, 0.25) is 5.95 Å². The van der Waals surface area contributed by atoms with Crippen LogP contribution in [0, 0.1) is 12.7 Å². The van der Waals surface area contributed by atoms with Gasteiger partial charge in [0.25, 0.3) is 5.56 Å². The number of halogens is 1. The van der Waals surface area contributed by atoms with Crippen LogP contribution in [0.25, 0.3) is 0 Å². The number of nitrogens with one attached hydrogen (secondary N) is 3. The number of aryl methyl sites for hydroxylation is 1. The van der Waals surface area contributed by atoms with Crippen molar-refractivity contribution in [3.05, 3.63) is 46.1 Å². The van der Waals surface area contributed by atoms with Crippen molar-refractivity contribution in [2.75, 3.05) is 54.8 Å². The lowest BCUT2D eigenvalue weighted by atomic mass is 10.2. The summed E-state index contributed by atoms with van der Waals surface area (Å²) in [5.74, 6) is -0.508. The van der Waals surface area contributed by atoms with Crippen LogP contribution >= 0.6 is 0 Å². The first-order valence-corrected chi connectivity index (χ1v) is 10.6. The van der Waals surface area contributed by atoms with Gasteiger partial charge >= 0.3 is 6.03 Å². The summed E-state index contributed by atoms with van der Waals surface area (Å²) in [5.41, 5.74) is 6.05. The molecule has 0 unspecified atom stereocenters. The van der Waals surface area contributed by atoms with Gasteiger partial charge in [-0.3, -0.25) is 15.0 Å². The molecule has 1 aliphatic heterocycles. The SMILES string of the molecule is Cc1cccc(NC(=O)Nc2nc(=O)c(N3CCN(CCCCCN)CC3)c[nH]2)c1F. The fourth-order valence-corrected chi connectivity index (χ4v) is 3.55. The van der Waals surface area contributed by atoms with Crippen molar-refractivity contribution in [1.82, 2.24) is 14.9 Å². The molecule has 1 aliphatic rings. The third-order valence-electron chi connectivity index (χ3n) is 5.34. The number of carbonyl (C=O) groups excluding carboxylic acids is 1. The molecule has 5 N–H and O–H groups in total. The molecule has 0 aliphatic carbocycles. The number of H-pyrrole nitrogens is 1. The summed E-state index contributed by atoms with van der Waals surface area (Å²) in [4.78, 5) is 35.7. The maximum absolute atomic E-state index is 14.0. The molecule has 0 bridgehead atoms. The number of nitrogens with zero attached hydrogens (tertiary/aromatic N) is 3. The second-order valence-electron chi connectivity index (χ2n) is 7.63. The van der Waals surface area contributed by atoms with Gasteiger partial charge in [-0.2, -0.15) is 4.98 Å². The average Bonchev–Trinajstić information content (AvgIpc) is 2.75. The Kier molecular flexibility index (Phi) is 7.96. The molecule has 31 heavy (non-hydrogen) atoms. The van der Waals surface area contributed by atoms with Gasteiger partial charge in [0, 0.05) is 32.4 Å². The molecule has 1 aromatic carbocycles. The third kappa shape index (κ3) is 6.25. The summed E-state index contributed by atoms with van der Waals surface area (Å²) >= 11 is 0. The van der Waals surface area contributed by atoms with Crippen LogP contribution in [0.2, 0.25) is 0 Å². The lowest BCUT2D eigenvalue weighted by Gasteiger charge is -2.35. The molecule has 2 amide bonds. The second kappa shape index (κ2) is 10.9. The van der Waals surface area contributed by atoms with E-state index < -0.39 is 17.4 Å². The lowest BCUT2D eigenvalue weighted by molar-refractivity contribution is 0.252. The first-order chi connectivity index (χ1) is 15.0. The molecule has 2 heterocycles. The summed E-state index contributed by atoms with van der Waals surface area (Å²) in [6, 6.07) is 4.02. The summed E-state index contributed by atoms with van der Waals surface area (Å²) in [5, 5.41) is 4.85. The van der Waals surface area contributed by atoms with E-state index in [4.69, 9.17) is 5.73 Å². The standard InChI is InChI=1S/C21H30FN7O2/c1-15-6-5-7-16(18(15)22)25-21(31)27-20-24-14-17(19(30)26-20)29-12-10-28(11-13-29)9-4-2-3-8-23/h5-7,14H,2-4,8-13,23H2,1H3,(H3,24,25,26,27,30,31). The fourth-order valence-electron chi connectivity index (χ4n) is 3.55. The molecule has 168 valence electrons. The van der Waals surface area contributed by atoms with Crippen LogP contribution in [0.15, 0.2) is 29.2 Å². The number of anilines is 3. The zero-order valence-corrected chi connectivity index (χ0v) is 17.8. The number of aromatic amines is 1. The van der Waals surface area contributed by atoms with E-state index in [1.54, 1.807) is 25.3 Å². The topological polar surface area (TPSA) is 119 Å². The van der Waals surface area contributed by atoms with Crippen LogP contribution in [0.1, 0.15) is 24.8 Å². The summed E-state index contributed by atoms with van der Waals surface area (Å²) in [6.45, 7) is 6.63. The molecule has 3 rings (SSSR count). The zero-order valence-electron chi connectivity index (χ0n) is 17.8. The predicted octanol–water partition coefficient (Wildman–Crippen LogP) is 2.11. The van der Waals surface area contributed by atoms with Gasteiger partial charge in [-0.1, -0.05) is 18.6 Å². The Labute approximate surface area is 180 Å². The Morgan fingerprint density at radius 1 is 1.19 bits per heavy atom. The van der Waals surface area contributed by atoms with Crippen molar-refractivity contribution in [3.63, 3.8) is 0 Å². The Balaban J connectivity index is 1.53. The van der Waals surface area contributed by atoms with E-state index in [9.17, 15) is 14.0 Å². The average molecular weight is 432 g/mol. The van der Waals surface area contributed by atoms with Gasteiger partial charge < -0.3 is 20.9 Å². The number of urea groups is 1. The van der Waals surface area contributed by atoms with E-state index in [1.807, 2.05) is 4.90 Å². The molecule has 0 spiro atoms. The molecule has 1 aromatic heterocycles. The minimum Gasteiger partial charge on any atom is -0.363 e. The van der Waals surface area contributed by atoms with Gasteiger partial charge in [-0.15, -0.1) is 0 Å². The van der Waals surface area contributed by atoms with Crippen LogP contribution in [0.5, 0.6) is 0 Å². The number of hydrogen-bond donors (Lipinski definition) is 4. The summed E-state index contributed by atoms with van der Waals surface area (Å²) in [6.07, 6.45) is 4.88. The monoisotopic (exact) mass is 431 g/mol. The molecular weight excluding hydrogens is 401 g/mol. The Morgan fingerprint density at radius 2 is 1.97 bits per heavy atom. The third-order valence-corrected chi connectivity index (χ3v) is 5.34. The van der Waals surface area contributed by atoms with Crippen LogP contribution in [-0.4, -0.2) is 60.2 Å². The first kappa shape index (κ1) is 22.7. The van der Waals surface area contributed by atoms with E-state index in [0.717, 1.165) is 58.5 Å². The van der Waals surface area contributed by atoms with Crippen LogP contribution in [0.3, 0.4) is 0 Å². The van der Waals surface area contributed by atoms with Crippen molar-refractivity contribution in [3.8, 4) is 0 Å². The Morgan fingerprint density at radius 3 is 2.68 bits per heavy atom. The number of carbonyl (C=O) groups is 1. The number of nitrogens with two attached hydrogens (primary N) is 1. The first-order valence-electron chi connectivity index (χ1n) is 10.6. The Bertz CT molecular complexity index is 942. The number of rotatable bonds is 8. The van der Waals surface area contributed by atoms with Crippen molar-refractivity contribution in [2.45, 2.75) is 26.2 Å². The summed E-state index contributed by atoms with van der Waals surface area (Å²) in [7, 11) is 0. The highest BCUT2D eigenvalue weighted by atomic mass is 19.1. The van der Waals surface area contributed by atoms with Gasteiger partial charge in [-0.25, -0.2) is 9.18 Å². The molecular formula is C21H30FN7O2. The maximum atomic E-state index is 14.0. The highest BCUT2D eigenvalue weighted by Crippen LogP contribution is 2.17. The molecule has 1 fully saturated rings. The number of benzene rings is 1. The van der Waals surface area contributed by atoms with E-state index in [2.05, 4.69) is 25.5 Å². The quantitative estimate of drug-likeness (QED) is 0.475. The Hall–Kier alpha value is -2.98. The number of unbranched alkanes of at least 4 members (excludes halogenated alkanes) is 2. The fraction of sp³-hybridized carbons (Fsp3) is 0.476. The smallest absolute Gasteiger partial charge is 0.326 e. The molecule has 1 saturated heterocycles. The van der Waals surface area contributed by atoms with Crippen molar-refractivity contribution in [1.29, 1.82) is 0 Å². The second-order valence-corrected chi connectivity index (χ2v) is 7.63. The molecule has 9 nitrogen and oxygen atoms in total. The van der Waals surface area contributed by atoms with Crippen LogP contribution in [-0.2, 0) is 0 Å². The number of hydrogen-bond acceptors (Lipinski definition) is 6. The molecule has 0 atom stereocenters. The number of aromatic nitrogens is 2.